The molecule has 20 heavy (non-hydrogen) atoms. The molecule has 1 atom stereocenters. The zero-order chi connectivity index (χ0) is 15.3. The van der Waals surface area contributed by atoms with Crippen molar-refractivity contribution in [1.82, 2.24) is 0 Å². The highest BCUT2D eigenvalue weighted by atomic mass is 31.2. The lowest BCUT2D eigenvalue weighted by Gasteiger charge is -2.23. The van der Waals surface area contributed by atoms with Crippen molar-refractivity contribution in [1.29, 1.82) is 0 Å². The second-order valence-electron chi connectivity index (χ2n) is 4.12. The highest BCUT2D eigenvalue weighted by Crippen LogP contribution is 2.58. The molecule has 0 saturated heterocycles. The van der Waals surface area contributed by atoms with Crippen molar-refractivity contribution < 1.29 is 18.5 Å². The molecule has 1 rings (SSSR count). The number of hydrogen-bond acceptors (Lipinski definition) is 6. The third-order valence-corrected chi connectivity index (χ3v) is 4.95. The second kappa shape index (κ2) is 6.95. The van der Waals surface area contributed by atoms with Crippen LogP contribution in [0.2, 0.25) is 0 Å². The van der Waals surface area contributed by atoms with E-state index in [1.54, 1.807) is 32.9 Å². The van der Waals surface area contributed by atoms with Crippen molar-refractivity contribution in [3.63, 3.8) is 0 Å². The van der Waals surface area contributed by atoms with Crippen LogP contribution >= 0.6 is 7.60 Å². The number of nitro benzene ring substituents is 1. The van der Waals surface area contributed by atoms with Gasteiger partial charge in [0.25, 0.3) is 5.69 Å². The topological polar surface area (TPSA) is 105 Å². The van der Waals surface area contributed by atoms with Gasteiger partial charge in [-0.15, -0.1) is 0 Å². The lowest BCUT2D eigenvalue weighted by atomic mass is 10.1. The Morgan fingerprint density at radius 1 is 1.35 bits per heavy atom. The largest absolute Gasteiger partial charge is 0.351 e. The van der Waals surface area contributed by atoms with Gasteiger partial charge in [0.1, 0.15) is 5.78 Å². The van der Waals surface area contributed by atoms with Gasteiger partial charge in [-0.25, -0.2) is 0 Å². The number of nitrogens with two attached hydrogens (primary N) is 1. The standard InChI is InChI=1S/C12H19N2O5P/c1-4-18-20(17,19-5-2)12(13)10-7-6-9(3)11(8-10)14(15)16/h6-8,12H,4-5,13H2,1-3H3/t12-/m0/s1. The molecule has 0 aliphatic rings. The summed E-state index contributed by atoms with van der Waals surface area (Å²) in [4.78, 5) is 10.4. The maximum atomic E-state index is 12.5. The normalized spacial score (nSPS) is 13.2. The first-order valence-electron chi connectivity index (χ1n) is 6.25. The van der Waals surface area contributed by atoms with Gasteiger partial charge in [0, 0.05) is 11.6 Å². The minimum atomic E-state index is -3.54. The number of nitrogens with zero attached hydrogens (tertiary/aromatic N) is 1. The maximum Gasteiger partial charge on any atom is 0.351 e. The molecule has 7 nitrogen and oxygen atoms in total. The molecule has 1 aromatic rings. The lowest BCUT2D eigenvalue weighted by Crippen LogP contribution is -2.15. The Morgan fingerprint density at radius 2 is 1.90 bits per heavy atom. The number of rotatable bonds is 7. The molecule has 0 radical (unpaired) electrons. The Balaban J connectivity index is 3.18. The highest BCUT2D eigenvalue weighted by molar-refractivity contribution is 7.54. The van der Waals surface area contributed by atoms with Crippen molar-refractivity contribution in [2.45, 2.75) is 26.6 Å². The van der Waals surface area contributed by atoms with E-state index < -0.39 is 18.3 Å². The van der Waals surface area contributed by atoms with Gasteiger partial charge in [-0.1, -0.05) is 12.1 Å². The fourth-order valence-corrected chi connectivity index (χ4v) is 3.39. The van der Waals surface area contributed by atoms with E-state index >= 15 is 0 Å². The van der Waals surface area contributed by atoms with E-state index in [0.29, 0.717) is 11.1 Å². The van der Waals surface area contributed by atoms with Crippen molar-refractivity contribution in [3.05, 3.63) is 39.4 Å². The Hall–Kier alpha value is -1.27. The molecular formula is C12H19N2O5P. The van der Waals surface area contributed by atoms with Gasteiger partial charge < -0.3 is 14.8 Å². The second-order valence-corrected chi connectivity index (χ2v) is 6.28. The molecule has 0 unspecified atom stereocenters. The van der Waals surface area contributed by atoms with E-state index in [0.717, 1.165) is 0 Å². The highest BCUT2D eigenvalue weighted by Gasteiger charge is 2.34. The number of nitro groups is 1. The summed E-state index contributed by atoms with van der Waals surface area (Å²) in [6.07, 6.45) is 0. The Kier molecular flexibility index (Phi) is 5.83. The maximum absolute atomic E-state index is 12.5. The molecule has 2 N–H and O–H groups in total. The molecule has 0 aromatic heterocycles. The van der Waals surface area contributed by atoms with E-state index in [1.165, 1.54) is 6.07 Å². The predicted octanol–water partition coefficient (Wildman–Crippen LogP) is 3.13. The Labute approximate surface area is 117 Å². The van der Waals surface area contributed by atoms with Gasteiger partial charge in [0.15, 0.2) is 0 Å². The first kappa shape index (κ1) is 16.8. The molecule has 0 bridgehead atoms. The Bertz CT molecular complexity index is 525. The minimum Gasteiger partial charge on any atom is -0.314 e. The van der Waals surface area contributed by atoms with Crippen LogP contribution in [0.3, 0.4) is 0 Å². The van der Waals surface area contributed by atoms with Crippen LogP contribution in [0, 0.1) is 17.0 Å². The van der Waals surface area contributed by atoms with Gasteiger partial charge in [-0.2, -0.15) is 0 Å². The summed E-state index contributed by atoms with van der Waals surface area (Å²) in [5.41, 5.74) is 6.72. The number of benzene rings is 1. The molecule has 0 heterocycles. The molecule has 1 aromatic carbocycles. The third-order valence-electron chi connectivity index (χ3n) is 2.73. The van der Waals surface area contributed by atoms with E-state index in [-0.39, 0.29) is 18.9 Å². The van der Waals surface area contributed by atoms with Gasteiger partial charge >= 0.3 is 7.60 Å². The average Bonchev–Trinajstić information content (AvgIpc) is 2.38. The van der Waals surface area contributed by atoms with Crippen molar-refractivity contribution in [3.8, 4) is 0 Å². The molecule has 0 saturated carbocycles. The summed E-state index contributed by atoms with van der Waals surface area (Å²) in [5, 5.41) is 10.9. The molecular weight excluding hydrogens is 283 g/mol. The molecule has 0 amide bonds. The van der Waals surface area contributed by atoms with Crippen LogP contribution in [0.5, 0.6) is 0 Å². The predicted molar refractivity (Wildman–Crippen MR) is 75.6 cm³/mol. The fraction of sp³-hybridized carbons (Fsp3) is 0.500. The average molecular weight is 302 g/mol. The summed E-state index contributed by atoms with van der Waals surface area (Å²) in [7, 11) is -3.54. The lowest BCUT2D eigenvalue weighted by molar-refractivity contribution is -0.385. The smallest absolute Gasteiger partial charge is 0.314 e. The number of aryl methyl sites for hydroxylation is 1. The van der Waals surface area contributed by atoms with Crippen molar-refractivity contribution >= 4 is 13.3 Å². The van der Waals surface area contributed by atoms with Crippen LogP contribution in [-0.4, -0.2) is 18.1 Å². The Morgan fingerprint density at radius 3 is 2.35 bits per heavy atom. The van der Waals surface area contributed by atoms with E-state index in [9.17, 15) is 14.7 Å². The molecule has 0 fully saturated rings. The molecule has 0 spiro atoms. The summed E-state index contributed by atoms with van der Waals surface area (Å²) >= 11 is 0. The van der Waals surface area contributed by atoms with Gasteiger partial charge in [-0.05, 0) is 26.3 Å². The molecule has 0 aliphatic heterocycles. The molecule has 112 valence electrons. The number of hydrogen-bond donors (Lipinski definition) is 1. The van der Waals surface area contributed by atoms with Crippen LogP contribution < -0.4 is 5.73 Å². The van der Waals surface area contributed by atoms with Crippen LogP contribution in [0.4, 0.5) is 5.69 Å². The summed E-state index contributed by atoms with van der Waals surface area (Å²) in [5.74, 6) is -1.05. The molecule has 8 heteroatoms. The van der Waals surface area contributed by atoms with Crippen LogP contribution in [0.15, 0.2) is 18.2 Å². The fourth-order valence-electron chi connectivity index (χ4n) is 1.75. The quantitative estimate of drug-likeness (QED) is 0.471. The van der Waals surface area contributed by atoms with E-state index in [1.807, 2.05) is 0 Å². The SMILES string of the molecule is CCOP(=O)(OCC)[C@H](N)c1ccc(C)c([N+](=O)[O-])c1. The zero-order valence-electron chi connectivity index (χ0n) is 11.7. The van der Waals surface area contributed by atoms with E-state index in [4.69, 9.17) is 14.8 Å². The summed E-state index contributed by atoms with van der Waals surface area (Å²) in [6, 6.07) is 4.47. The van der Waals surface area contributed by atoms with Gasteiger partial charge in [-0.3, -0.25) is 14.7 Å². The third kappa shape index (κ3) is 3.64. The monoisotopic (exact) mass is 302 g/mol. The van der Waals surface area contributed by atoms with Crippen molar-refractivity contribution in [2.24, 2.45) is 5.73 Å². The van der Waals surface area contributed by atoms with Crippen LogP contribution in [0.1, 0.15) is 30.8 Å². The van der Waals surface area contributed by atoms with Crippen LogP contribution in [0.25, 0.3) is 0 Å². The van der Waals surface area contributed by atoms with E-state index in [2.05, 4.69) is 0 Å². The van der Waals surface area contributed by atoms with Crippen molar-refractivity contribution in [2.75, 3.05) is 13.2 Å². The van der Waals surface area contributed by atoms with Crippen LogP contribution in [-0.2, 0) is 13.6 Å². The van der Waals surface area contributed by atoms with Gasteiger partial charge in [0.2, 0.25) is 0 Å². The zero-order valence-corrected chi connectivity index (χ0v) is 12.6. The minimum absolute atomic E-state index is 0.0718. The first-order valence-corrected chi connectivity index (χ1v) is 7.86. The summed E-state index contributed by atoms with van der Waals surface area (Å²) < 4.78 is 22.9. The van der Waals surface area contributed by atoms with Gasteiger partial charge in [0.05, 0.1) is 18.1 Å². The molecule has 0 aliphatic carbocycles. The summed E-state index contributed by atoms with van der Waals surface area (Å²) in [6.45, 7) is 5.34. The first-order chi connectivity index (χ1) is 9.35.